The van der Waals surface area contributed by atoms with Gasteiger partial charge in [-0.25, -0.2) is 0 Å². The highest BCUT2D eigenvalue weighted by Gasteiger charge is 2.14. The van der Waals surface area contributed by atoms with Gasteiger partial charge in [0.25, 0.3) is 0 Å². The second-order valence-corrected chi connectivity index (χ2v) is 5.90. The third kappa shape index (κ3) is 3.53. The molecule has 0 spiro atoms. The van der Waals surface area contributed by atoms with Crippen LogP contribution >= 0.6 is 0 Å². The number of nitrogens with zero attached hydrogens (tertiary/aromatic N) is 2. The molecule has 0 saturated carbocycles. The van der Waals surface area contributed by atoms with Crippen LogP contribution in [0.3, 0.4) is 0 Å². The number of nitrogens with one attached hydrogen (secondary N) is 1. The molecule has 1 atom stereocenters. The fourth-order valence-electron chi connectivity index (χ4n) is 2.79. The van der Waals surface area contributed by atoms with Gasteiger partial charge in [0, 0.05) is 24.8 Å². The van der Waals surface area contributed by atoms with Crippen LogP contribution in [0.2, 0.25) is 0 Å². The van der Waals surface area contributed by atoms with Crippen molar-refractivity contribution in [2.75, 3.05) is 6.54 Å². The van der Waals surface area contributed by atoms with Crippen molar-refractivity contribution in [2.45, 2.75) is 46.1 Å². The molecule has 1 unspecified atom stereocenters. The fourth-order valence-corrected chi connectivity index (χ4v) is 2.79. The van der Waals surface area contributed by atoms with Crippen LogP contribution in [0.5, 0.6) is 0 Å². The van der Waals surface area contributed by atoms with Crippen molar-refractivity contribution >= 4 is 0 Å². The second-order valence-electron chi connectivity index (χ2n) is 5.90. The molecule has 0 fully saturated rings. The monoisotopic (exact) mass is 285 g/mol. The van der Waals surface area contributed by atoms with Crippen LogP contribution in [0.25, 0.3) is 11.1 Å². The van der Waals surface area contributed by atoms with Crippen LogP contribution in [-0.2, 0) is 7.05 Å². The Kier molecular flexibility index (Phi) is 5.18. The van der Waals surface area contributed by atoms with Crippen LogP contribution < -0.4 is 5.32 Å². The number of aromatic nitrogens is 2. The van der Waals surface area contributed by atoms with Crippen molar-refractivity contribution in [3.8, 4) is 11.1 Å². The molecule has 1 aromatic heterocycles. The molecule has 0 bridgehead atoms. The van der Waals surface area contributed by atoms with Crippen molar-refractivity contribution < 1.29 is 0 Å². The highest BCUT2D eigenvalue weighted by atomic mass is 15.3. The molecule has 0 amide bonds. The zero-order valence-corrected chi connectivity index (χ0v) is 13.9. The maximum absolute atomic E-state index is 4.59. The number of benzene rings is 1. The predicted molar refractivity (Wildman–Crippen MR) is 89.4 cm³/mol. The van der Waals surface area contributed by atoms with Crippen molar-refractivity contribution in [2.24, 2.45) is 7.05 Å². The molecular weight excluding hydrogens is 258 g/mol. The number of rotatable bonds is 6. The summed E-state index contributed by atoms with van der Waals surface area (Å²) in [6.07, 6.45) is 3.23. The lowest BCUT2D eigenvalue weighted by Crippen LogP contribution is -2.19. The lowest BCUT2D eigenvalue weighted by atomic mass is 9.97. The van der Waals surface area contributed by atoms with Crippen LogP contribution in [0.4, 0.5) is 0 Å². The van der Waals surface area contributed by atoms with E-state index in [1.807, 2.05) is 11.7 Å². The standard InChI is InChI=1S/C18H27N3/c1-6-17(19-7-2)15-10-8-14(9-11-15)16-12-21(5)20-18(16)13(3)4/h8-13,17,19H,6-7H2,1-5H3. The lowest BCUT2D eigenvalue weighted by molar-refractivity contribution is 0.537. The maximum atomic E-state index is 4.59. The van der Waals surface area contributed by atoms with Gasteiger partial charge < -0.3 is 5.32 Å². The summed E-state index contributed by atoms with van der Waals surface area (Å²) in [4.78, 5) is 0. The summed E-state index contributed by atoms with van der Waals surface area (Å²) in [5, 5.41) is 8.12. The first-order valence-corrected chi connectivity index (χ1v) is 7.94. The van der Waals surface area contributed by atoms with Gasteiger partial charge in [-0.2, -0.15) is 5.10 Å². The Labute approximate surface area is 128 Å². The summed E-state index contributed by atoms with van der Waals surface area (Å²) in [5.41, 5.74) is 5.03. The first kappa shape index (κ1) is 15.8. The minimum absolute atomic E-state index is 0.436. The minimum Gasteiger partial charge on any atom is -0.310 e. The van der Waals surface area contributed by atoms with E-state index in [0.29, 0.717) is 12.0 Å². The Bertz CT molecular complexity index is 567. The van der Waals surface area contributed by atoms with Gasteiger partial charge in [-0.05, 0) is 30.0 Å². The molecular formula is C18H27N3. The van der Waals surface area contributed by atoms with Gasteiger partial charge >= 0.3 is 0 Å². The fraction of sp³-hybridized carbons (Fsp3) is 0.500. The van der Waals surface area contributed by atoms with Crippen molar-refractivity contribution in [3.63, 3.8) is 0 Å². The minimum atomic E-state index is 0.436. The maximum Gasteiger partial charge on any atom is 0.0728 e. The molecule has 0 radical (unpaired) electrons. The molecule has 114 valence electrons. The summed E-state index contributed by atoms with van der Waals surface area (Å²) in [5.74, 6) is 0.436. The summed E-state index contributed by atoms with van der Waals surface area (Å²) in [7, 11) is 1.99. The normalized spacial score (nSPS) is 12.9. The summed E-state index contributed by atoms with van der Waals surface area (Å²) < 4.78 is 1.91. The van der Waals surface area contributed by atoms with E-state index in [1.165, 1.54) is 22.4 Å². The molecule has 21 heavy (non-hydrogen) atoms. The highest BCUT2D eigenvalue weighted by molar-refractivity contribution is 5.66. The Morgan fingerprint density at radius 1 is 1.14 bits per heavy atom. The second kappa shape index (κ2) is 6.90. The van der Waals surface area contributed by atoms with Crippen LogP contribution in [-0.4, -0.2) is 16.3 Å². The zero-order chi connectivity index (χ0) is 15.4. The van der Waals surface area contributed by atoms with E-state index in [1.54, 1.807) is 0 Å². The van der Waals surface area contributed by atoms with Gasteiger partial charge in [-0.3, -0.25) is 4.68 Å². The average Bonchev–Trinajstić information content (AvgIpc) is 2.87. The quantitative estimate of drug-likeness (QED) is 0.859. The van der Waals surface area contributed by atoms with Crippen molar-refractivity contribution in [1.82, 2.24) is 15.1 Å². The molecule has 2 rings (SSSR count). The van der Waals surface area contributed by atoms with E-state index >= 15 is 0 Å². The first-order valence-electron chi connectivity index (χ1n) is 7.94. The van der Waals surface area contributed by atoms with Crippen molar-refractivity contribution in [1.29, 1.82) is 0 Å². The topological polar surface area (TPSA) is 29.9 Å². The lowest BCUT2D eigenvalue weighted by Gasteiger charge is -2.16. The van der Waals surface area contributed by atoms with Crippen LogP contribution in [0.1, 0.15) is 57.3 Å². The predicted octanol–water partition coefficient (Wildman–Crippen LogP) is 4.27. The Morgan fingerprint density at radius 2 is 1.81 bits per heavy atom. The van der Waals surface area contributed by atoms with Gasteiger partial charge in [-0.1, -0.05) is 52.0 Å². The smallest absolute Gasteiger partial charge is 0.0728 e. The average molecular weight is 285 g/mol. The van der Waals surface area contributed by atoms with Gasteiger partial charge in [0.1, 0.15) is 0 Å². The van der Waals surface area contributed by atoms with E-state index in [0.717, 1.165) is 13.0 Å². The van der Waals surface area contributed by atoms with E-state index in [4.69, 9.17) is 0 Å². The molecule has 0 aliphatic rings. The summed E-state index contributed by atoms with van der Waals surface area (Å²) >= 11 is 0. The number of hydrogen-bond donors (Lipinski definition) is 1. The Morgan fingerprint density at radius 3 is 2.33 bits per heavy atom. The third-order valence-electron chi connectivity index (χ3n) is 3.89. The van der Waals surface area contributed by atoms with Gasteiger partial charge in [-0.15, -0.1) is 0 Å². The zero-order valence-electron chi connectivity index (χ0n) is 13.9. The Hall–Kier alpha value is -1.61. The molecule has 0 aliphatic heterocycles. The van der Waals surface area contributed by atoms with Crippen molar-refractivity contribution in [3.05, 3.63) is 41.7 Å². The van der Waals surface area contributed by atoms with E-state index in [-0.39, 0.29) is 0 Å². The van der Waals surface area contributed by atoms with E-state index in [2.05, 4.69) is 68.6 Å². The molecule has 1 N–H and O–H groups in total. The number of aryl methyl sites for hydroxylation is 1. The van der Waals surface area contributed by atoms with Gasteiger partial charge in [0.05, 0.1) is 5.69 Å². The van der Waals surface area contributed by atoms with Gasteiger partial charge in [0.15, 0.2) is 0 Å². The highest BCUT2D eigenvalue weighted by Crippen LogP contribution is 2.29. The van der Waals surface area contributed by atoms with Crippen LogP contribution in [0.15, 0.2) is 30.5 Å². The van der Waals surface area contributed by atoms with Gasteiger partial charge in [0.2, 0.25) is 0 Å². The molecule has 1 aromatic carbocycles. The first-order chi connectivity index (χ1) is 10.1. The largest absolute Gasteiger partial charge is 0.310 e. The molecule has 0 saturated heterocycles. The molecule has 3 heteroatoms. The SMILES string of the molecule is CCNC(CC)c1ccc(-c2cn(C)nc2C(C)C)cc1. The third-order valence-corrected chi connectivity index (χ3v) is 3.89. The Balaban J connectivity index is 2.30. The van der Waals surface area contributed by atoms with E-state index < -0.39 is 0 Å². The molecule has 0 aliphatic carbocycles. The molecule has 1 heterocycles. The summed E-state index contributed by atoms with van der Waals surface area (Å²) in [6, 6.07) is 9.37. The summed E-state index contributed by atoms with van der Waals surface area (Å²) in [6.45, 7) is 9.76. The van der Waals surface area contributed by atoms with E-state index in [9.17, 15) is 0 Å². The van der Waals surface area contributed by atoms with Crippen LogP contribution in [0, 0.1) is 0 Å². The number of hydrogen-bond acceptors (Lipinski definition) is 2. The molecule has 3 nitrogen and oxygen atoms in total. The molecule has 2 aromatic rings.